The third-order valence-corrected chi connectivity index (χ3v) is 3.42. The number of aryl methyl sites for hydroxylation is 1. The van der Waals surface area contributed by atoms with Gasteiger partial charge in [-0.15, -0.1) is 0 Å². The molecule has 0 N–H and O–H groups in total. The van der Waals surface area contributed by atoms with Crippen LogP contribution in [0, 0.1) is 12.7 Å². The van der Waals surface area contributed by atoms with Crippen LogP contribution in [0.4, 0.5) is 4.39 Å². The fraction of sp³-hybridized carbons (Fsp3) is 0.143. The Balaban J connectivity index is 2.39. The minimum atomic E-state index is -0.437. The number of halogens is 3. The van der Waals surface area contributed by atoms with Gasteiger partial charge in [0.15, 0.2) is 11.5 Å². The Morgan fingerprint density at radius 3 is 2.53 bits per heavy atom. The molecule has 0 spiro atoms. The smallest absolute Gasteiger partial charge is 0.169 e. The van der Waals surface area contributed by atoms with Crippen LogP contribution in [0.15, 0.2) is 34.8 Å². The molecule has 2 aromatic carbocycles. The van der Waals surface area contributed by atoms with Crippen LogP contribution >= 0.6 is 27.5 Å². The molecule has 0 aliphatic carbocycles. The molecule has 0 saturated heterocycles. The van der Waals surface area contributed by atoms with Crippen molar-refractivity contribution in [2.75, 3.05) is 7.11 Å². The Hall–Kier alpha value is -1.26. The largest absolute Gasteiger partial charge is 0.493 e. The summed E-state index contributed by atoms with van der Waals surface area (Å²) in [5.41, 5.74) is 1.05. The number of benzene rings is 2. The van der Waals surface area contributed by atoms with Gasteiger partial charge in [-0.05, 0) is 52.7 Å². The Kier molecular flexibility index (Phi) is 4.32. The van der Waals surface area contributed by atoms with Crippen LogP contribution in [0.1, 0.15) is 5.56 Å². The molecule has 0 saturated carbocycles. The maximum Gasteiger partial charge on any atom is 0.169 e. The second-order valence-corrected chi connectivity index (χ2v) is 5.21. The molecule has 5 heteroatoms. The highest BCUT2D eigenvalue weighted by molar-refractivity contribution is 9.10. The highest BCUT2D eigenvalue weighted by atomic mass is 79.9. The summed E-state index contributed by atoms with van der Waals surface area (Å²) in [6.45, 7) is 1.95. The second-order valence-electron chi connectivity index (χ2n) is 3.95. The number of ether oxygens (including phenoxy) is 2. The molecule has 2 rings (SSSR count). The number of hydrogen-bond donors (Lipinski definition) is 0. The van der Waals surface area contributed by atoms with Gasteiger partial charge in [0.2, 0.25) is 0 Å². The van der Waals surface area contributed by atoms with Gasteiger partial charge in [0.1, 0.15) is 11.6 Å². The van der Waals surface area contributed by atoms with Gasteiger partial charge in [0, 0.05) is 0 Å². The molecule has 0 atom stereocenters. The summed E-state index contributed by atoms with van der Waals surface area (Å²) < 4.78 is 24.5. The standard InChI is InChI=1S/C14H11BrClFO2/c1-8-3-4-12(14(5-8)18-2)19-13-6-9(15)11(17)7-10(13)16/h3-7H,1-2H3. The van der Waals surface area contributed by atoms with E-state index in [0.29, 0.717) is 17.2 Å². The molecule has 0 fully saturated rings. The van der Waals surface area contributed by atoms with Crippen LogP contribution in [-0.4, -0.2) is 7.11 Å². The lowest BCUT2D eigenvalue weighted by molar-refractivity contribution is 0.378. The zero-order chi connectivity index (χ0) is 14.0. The van der Waals surface area contributed by atoms with Gasteiger partial charge in [-0.1, -0.05) is 17.7 Å². The van der Waals surface area contributed by atoms with Crippen molar-refractivity contribution < 1.29 is 13.9 Å². The molecule has 0 heterocycles. The van der Waals surface area contributed by atoms with Crippen molar-refractivity contribution in [2.45, 2.75) is 6.92 Å². The molecule has 0 aliphatic rings. The minimum absolute atomic E-state index is 0.198. The zero-order valence-electron chi connectivity index (χ0n) is 10.3. The second kappa shape index (κ2) is 5.80. The fourth-order valence-electron chi connectivity index (χ4n) is 1.56. The quantitative estimate of drug-likeness (QED) is 0.698. The molecule has 0 bridgehead atoms. The monoisotopic (exact) mass is 344 g/mol. The predicted octanol–water partition coefficient (Wildman–Crippen LogP) is 5.35. The van der Waals surface area contributed by atoms with E-state index in [2.05, 4.69) is 15.9 Å². The van der Waals surface area contributed by atoms with Crippen LogP contribution in [0.25, 0.3) is 0 Å². The van der Waals surface area contributed by atoms with Crippen molar-refractivity contribution in [3.05, 3.63) is 51.2 Å². The minimum Gasteiger partial charge on any atom is -0.493 e. The Bertz CT molecular complexity index is 617. The lowest BCUT2D eigenvalue weighted by Gasteiger charge is -2.12. The summed E-state index contributed by atoms with van der Waals surface area (Å²) in [7, 11) is 1.56. The highest BCUT2D eigenvalue weighted by Gasteiger charge is 2.11. The summed E-state index contributed by atoms with van der Waals surface area (Å²) in [5.74, 6) is 1.04. The van der Waals surface area contributed by atoms with Crippen LogP contribution in [0.2, 0.25) is 5.02 Å². The fourth-order valence-corrected chi connectivity index (χ4v) is 2.07. The van der Waals surface area contributed by atoms with Crippen LogP contribution in [-0.2, 0) is 0 Å². The van der Waals surface area contributed by atoms with E-state index in [1.54, 1.807) is 13.2 Å². The molecule has 0 aliphatic heterocycles. The molecule has 0 aromatic heterocycles. The summed E-state index contributed by atoms with van der Waals surface area (Å²) in [6, 6.07) is 8.20. The van der Waals surface area contributed by atoms with Gasteiger partial charge >= 0.3 is 0 Å². The van der Waals surface area contributed by atoms with Gasteiger partial charge < -0.3 is 9.47 Å². The lowest BCUT2D eigenvalue weighted by Crippen LogP contribution is -1.92. The third kappa shape index (κ3) is 3.19. The molecule has 100 valence electrons. The molecule has 2 nitrogen and oxygen atoms in total. The Labute approximate surface area is 124 Å². The molecule has 0 radical (unpaired) electrons. The van der Waals surface area contributed by atoms with Crippen LogP contribution in [0.3, 0.4) is 0 Å². The van der Waals surface area contributed by atoms with Crippen molar-refractivity contribution in [1.29, 1.82) is 0 Å². The van der Waals surface area contributed by atoms with Gasteiger partial charge in [-0.3, -0.25) is 0 Å². The zero-order valence-corrected chi connectivity index (χ0v) is 12.7. The van der Waals surface area contributed by atoms with Crippen LogP contribution in [0.5, 0.6) is 17.2 Å². The number of rotatable bonds is 3. The van der Waals surface area contributed by atoms with Gasteiger partial charge in [-0.25, -0.2) is 4.39 Å². The van der Waals surface area contributed by atoms with E-state index in [-0.39, 0.29) is 9.50 Å². The maximum absolute atomic E-state index is 13.3. The van der Waals surface area contributed by atoms with Gasteiger partial charge in [-0.2, -0.15) is 0 Å². The van der Waals surface area contributed by atoms with Crippen molar-refractivity contribution >= 4 is 27.5 Å². The van der Waals surface area contributed by atoms with E-state index in [9.17, 15) is 4.39 Å². The number of methoxy groups -OCH3 is 1. The first kappa shape index (κ1) is 14.2. The molecular weight excluding hydrogens is 335 g/mol. The predicted molar refractivity (Wildman–Crippen MR) is 76.9 cm³/mol. The van der Waals surface area contributed by atoms with E-state index in [4.69, 9.17) is 21.1 Å². The summed E-state index contributed by atoms with van der Waals surface area (Å²) in [5, 5.41) is 0.198. The van der Waals surface area contributed by atoms with E-state index < -0.39 is 5.82 Å². The van der Waals surface area contributed by atoms with Gasteiger partial charge in [0.25, 0.3) is 0 Å². The SMILES string of the molecule is COc1cc(C)ccc1Oc1cc(Br)c(F)cc1Cl. The first-order valence-electron chi connectivity index (χ1n) is 5.48. The highest BCUT2D eigenvalue weighted by Crippen LogP contribution is 2.37. The van der Waals surface area contributed by atoms with Crippen molar-refractivity contribution in [2.24, 2.45) is 0 Å². The van der Waals surface area contributed by atoms with E-state index in [1.807, 2.05) is 19.1 Å². The lowest BCUT2D eigenvalue weighted by atomic mass is 10.2. The maximum atomic E-state index is 13.3. The molecular formula is C14H11BrClFO2. The van der Waals surface area contributed by atoms with Crippen molar-refractivity contribution in [3.8, 4) is 17.2 Å². The normalized spacial score (nSPS) is 10.4. The van der Waals surface area contributed by atoms with Gasteiger partial charge in [0.05, 0.1) is 16.6 Å². The third-order valence-electron chi connectivity index (χ3n) is 2.51. The summed E-state index contributed by atoms with van der Waals surface area (Å²) in [6.07, 6.45) is 0. The molecule has 19 heavy (non-hydrogen) atoms. The van der Waals surface area contributed by atoms with Crippen LogP contribution < -0.4 is 9.47 Å². The van der Waals surface area contributed by atoms with E-state index in [0.717, 1.165) is 5.56 Å². The molecule has 0 unspecified atom stereocenters. The first-order valence-corrected chi connectivity index (χ1v) is 6.65. The molecule has 2 aromatic rings. The van der Waals surface area contributed by atoms with E-state index in [1.165, 1.54) is 12.1 Å². The Morgan fingerprint density at radius 2 is 1.84 bits per heavy atom. The van der Waals surface area contributed by atoms with Crippen molar-refractivity contribution in [1.82, 2.24) is 0 Å². The van der Waals surface area contributed by atoms with E-state index >= 15 is 0 Å². The number of hydrogen-bond acceptors (Lipinski definition) is 2. The average molecular weight is 346 g/mol. The van der Waals surface area contributed by atoms with Crippen molar-refractivity contribution in [3.63, 3.8) is 0 Å². The summed E-state index contributed by atoms with van der Waals surface area (Å²) >= 11 is 9.05. The average Bonchev–Trinajstić information content (AvgIpc) is 2.37. The molecule has 0 amide bonds. The first-order chi connectivity index (χ1) is 9.01. The summed E-state index contributed by atoms with van der Waals surface area (Å²) in [4.78, 5) is 0. The Morgan fingerprint density at radius 1 is 1.11 bits per heavy atom. The topological polar surface area (TPSA) is 18.5 Å².